The first-order chi connectivity index (χ1) is 13.7. The van der Waals surface area contributed by atoms with Gasteiger partial charge >= 0.3 is 0 Å². The molecule has 0 saturated carbocycles. The van der Waals surface area contributed by atoms with Gasteiger partial charge in [-0.25, -0.2) is 0 Å². The van der Waals surface area contributed by atoms with Gasteiger partial charge in [-0.2, -0.15) is 0 Å². The maximum Gasteiger partial charge on any atom is 0.175 e. The monoisotopic (exact) mass is 459 g/mol. The molecule has 0 atom stereocenters. The molecule has 3 aromatic rings. The molecule has 0 radical (unpaired) electrons. The molecule has 0 heterocycles. The third kappa shape index (κ3) is 5.99. The second-order valence-corrected chi connectivity index (χ2v) is 7.73. The lowest BCUT2D eigenvalue weighted by Gasteiger charge is -2.15. The first-order valence-electron chi connectivity index (χ1n) is 9.14. The Morgan fingerprint density at radius 3 is 2.46 bits per heavy atom. The summed E-state index contributed by atoms with van der Waals surface area (Å²) in [6.45, 7) is 2.09. The lowest BCUT2D eigenvalue weighted by atomic mass is 10.1. The number of nitrogens with one attached hydrogen (secondary N) is 1. The number of hydrogen-bond acceptors (Lipinski definition) is 3. The molecule has 0 aliphatic heterocycles. The Balaban J connectivity index is 1.59. The van der Waals surface area contributed by atoms with Crippen molar-refractivity contribution in [1.82, 2.24) is 5.32 Å². The van der Waals surface area contributed by atoms with E-state index in [0.29, 0.717) is 23.1 Å². The summed E-state index contributed by atoms with van der Waals surface area (Å²) in [5.41, 5.74) is 3.47. The zero-order valence-corrected chi connectivity index (χ0v) is 18.1. The van der Waals surface area contributed by atoms with E-state index in [1.165, 1.54) is 5.56 Å². The van der Waals surface area contributed by atoms with Crippen molar-refractivity contribution < 1.29 is 9.47 Å². The second kappa shape index (κ2) is 10.5. The highest BCUT2D eigenvalue weighted by Crippen LogP contribution is 2.37. The van der Waals surface area contributed by atoms with Gasteiger partial charge in [-0.15, -0.1) is 0 Å². The van der Waals surface area contributed by atoms with E-state index >= 15 is 0 Å². The Morgan fingerprint density at radius 2 is 1.71 bits per heavy atom. The van der Waals surface area contributed by atoms with Crippen molar-refractivity contribution in [1.29, 1.82) is 0 Å². The average Bonchev–Trinajstić information content (AvgIpc) is 2.71. The Kier molecular flexibility index (Phi) is 7.78. The molecule has 0 fully saturated rings. The zero-order chi connectivity index (χ0) is 19.8. The molecule has 0 aliphatic carbocycles. The van der Waals surface area contributed by atoms with E-state index in [1.807, 2.05) is 36.4 Å². The summed E-state index contributed by atoms with van der Waals surface area (Å²) in [7, 11) is 1.65. The molecular formula is C23H23BrClNO2. The summed E-state index contributed by atoms with van der Waals surface area (Å²) in [4.78, 5) is 0. The van der Waals surface area contributed by atoms with Crippen LogP contribution in [0.25, 0.3) is 0 Å². The summed E-state index contributed by atoms with van der Waals surface area (Å²) >= 11 is 9.65. The summed E-state index contributed by atoms with van der Waals surface area (Å²) in [6.07, 6.45) is 1.000. The number of ether oxygens (including phenoxy) is 2. The van der Waals surface area contributed by atoms with Crippen LogP contribution in [0.2, 0.25) is 5.02 Å². The zero-order valence-electron chi connectivity index (χ0n) is 15.8. The minimum atomic E-state index is 0.421. The van der Waals surface area contributed by atoms with Crippen molar-refractivity contribution in [2.24, 2.45) is 0 Å². The smallest absolute Gasteiger partial charge is 0.175 e. The van der Waals surface area contributed by atoms with Crippen LogP contribution in [0.1, 0.15) is 16.7 Å². The van der Waals surface area contributed by atoms with Crippen LogP contribution in [0.3, 0.4) is 0 Å². The predicted molar refractivity (Wildman–Crippen MR) is 118 cm³/mol. The fraction of sp³-hybridized carbons (Fsp3) is 0.217. The fourth-order valence-corrected chi connectivity index (χ4v) is 3.72. The Bertz CT molecular complexity index is 902. The molecule has 28 heavy (non-hydrogen) atoms. The Morgan fingerprint density at radius 1 is 0.929 bits per heavy atom. The highest BCUT2D eigenvalue weighted by Gasteiger charge is 2.12. The minimum absolute atomic E-state index is 0.421. The molecule has 1 N–H and O–H groups in total. The summed E-state index contributed by atoms with van der Waals surface area (Å²) < 4.78 is 12.4. The molecule has 0 bridgehead atoms. The SMILES string of the molecule is COc1cc(CNCCc2ccccc2)cc(Br)c1OCc1cccc(Cl)c1. The highest BCUT2D eigenvalue weighted by molar-refractivity contribution is 9.10. The van der Waals surface area contributed by atoms with Gasteiger partial charge in [-0.1, -0.05) is 54.1 Å². The quantitative estimate of drug-likeness (QED) is 0.396. The van der Waals surface area contributed by atoms with Crippen molar-refractivity contribution in [2.45, 2.75) is 19.6 Å². The maximum absolute atomic E-state index is 6.04. The number of benzene rings is 3. The molecule has 3 rings (SSSR count). The third-order valence-corrected chi connectivity index (χ3v) is 5.15. The molecule has 5 heteroatoms. The van der Waals surface area contributed by atoms with Crippen LogP contribution in [0, 0.1) is 0 Å². The van der Waals surface area contributed by atoms with E-state index in [0.717, 1.165) is 35.1 Å². The van der Waals surface area contributed by atoms with Gasteiger partial charge in [0, 0.05) is 11.6 Å². The number of methoxy groups -OCH3 is 1. The van der Waals surface area contributed by atoms with Gasteiger partial charge in [0.05, 0.1) is 11.6 Å². The van der Waals surface area contributed by atoms with Crippen LogP contribution >= 0.6 is 27.5 Å². The summed E-state index contributed by atoms with van der Waals surface area (Å²) in [6, 6.07) is 22.2. The van der Waals surface area contributed by atoms with Crippen LogP contribution in [0.5, 0.6) is 11.5 Å². The highest BCUT2D eigenvalue weighted by atomic mass is 79.9. The van der Waals surface area contributed by atoms with E-state index in [9.17, 15) is 0 Å². The van der Waals surface area contributed by atoms with E-state index in [1.54, 1.807) is 7.11 Å². The summed E-state index contributed by atoms with van der Waals surface area (Å²) in [5, 5.41) is 4.18. The standard InChI is InChI=1S/C23H23BrClNO2/c1-27-22-14-19(15-26-11-10-17-6-3-2-4-7-17)13-21(24)23(22)28-16-18-8-5-9-20(25)12-18/h2-9,12-14,26H,10-11,15-16H2,1H3. The van der Waals surface area contributed by atoms with Crippen LogP contribution in [-0.4, -0.2) is 13.7 Å². The Hall–Kier alpha value is -2.01. The van der Waals surface area contributed by atoms with Crippen molar-refractivity contribution in [2.75, 3.05) is 13.7 Å². The fourth-order valence-electron chi connectivity index (χ4n) is 2.91. The Labute approximate surface area is 179 Å². The van der Waals surface area contributed by atoms with Crippen LogP contribution in [-0.2, 0) is 19.6 Å². The molecule has 0 unspecified atom stereocenters. The van der Waals surface area contributed by atoms with Gasteiger partial charge in [0.15, 0.2) is 11.5 Å². The van der Waals surface area contributed by atoms with Crippen LogP contribution in [0.4, 0.5) is 0 Å². The number of halogens is 2. The van der Waals surface area contributed by atoms with E-state index in [-0.39, 0.29) is 0 Å². The maximum atomic E-state index is 6.04. The van der Waals surface area contributed by atoms with Gasteiger partial charge < -0.3 is 14.8 Å². The molecule has 3 aromatic carbocycles. The summed E-state index contributed by atoms with van der Waals surface area (Å²) in [5.74, 6) is 1.40. The number of hydrogen-bond donors (Lipinski definition) is 1. The van der Waals surface area contributed by atoms with Gasteiger partial charge in [-0.05, 0) is 69.9 Å². The van der Waals surface area contributed by atoms with E-state index in [2.05, 4.69) is 51.6 Å². The molecular weight excluding hydrogens is 438 g/mol. The molecule has 0 saturated heterocycles. The first kappa shape index (κ1) is 20.7. The predicted octanol–water partition coefficient (Wildman–Crippen LogP) is 6.02. The lowest BCUT2D eigenvalue weighted by molar-refractivity contribution is 0.282. The van der Waals surface area contributed by atoms with Crippen molar-refractivity contribution >= 4 is 27.5 Å². The van der Waals surface area contributed by atoms with Gasteiger partial charge in [0.1, 0.15) is 6.61 Å². The minimum Gasteiger partial charge on any atom is -0.493 e. The van der Waals surface area contributed by atoms with E-state index < -0.39 is 0 Å². The topological polar surface area (TPSA) is 30.5 Å². The molecule has 3 nitrogen and oxygen atoms in total. The average molecular weight is 461 g/mol. The van der Waals surface area contributed by atoms with Crippen LogP contribution < -0.4 is 14.8 Å². The number of rotatable bonds is 9. The van der Waals surface area contributed by atoms with Crippen LogP contribution in [0.15, 0.2) is 71.2 Å². The molecule has 0 amide bonds. The second-order valence-electron chi connectivity index (χ2n) is 6.44. The van der Waals surface area contributed by atoms with Gasteiger partial charge in [0.2, 0.25) is 0 Å². The van der Waals surface area contributed by atoms with Crippen molar-refractivity contribution in [3.63, 3.8) is 0 Å². The molecule has 0 aromatic heterocycles. The molecule has 0 aliphatic rings. The van der Waals surface area contributed by atoms with Gasteiger partial charge in [0.25, 0.3) is 0 Å². The molecule has 0 spiro atoms. The normalized spacial score (nSPS) is 10.7. The van der Waals surface area contributed by atoms with E-state index in [4.69, 9.17) is 21.1 Å². The molecule has 146 valence electrons. The largest absolute Gasteiger partial charge is 0.493 e. The van der Waals surface area contributed by atoms with Gasteiger partial charge in [-0.3, -0.25) is 0 Å². The lowest BCUT2D eigenvalue weighted by Crippen LogP contribution is -2.16. The van der Waals surface area contributed by atoms with Crippen molar-refractivity contribution in [3.8, 4) is 11.5 Å². The first-order valence-corrected chi connectivity index (χ1v) is 10.3. The third-order valence-electron chi connectivity index (χ3n) is 4.32. The van der Waals surface area contributed by atoms with Crippen molar-refractivity contribution in [3.05, 3.63) is 92.9 Å².